The molecule has 1 aromatic rings. The largest absolute Gasteiger partial charge is 0.456 e. The quantitative estimate of drug-likeness (QED) is 0.0918. The number of hydrogen-bond acceptors (Lipinski definition) is 13. The van der Waals surface area contributed by atoms with Crippen molar-refractivity contribution in [1.82, 2.24) is 20.2 Å². The molecule has 2 saturated heterocycles. The Labute approximate surface area is 287 Å². The molecule has 7 N–H and O–H groups in total. The molecule has 18 nitrogen and oxygen atoms in total. The van der Waals surface area contributed by atoms with Gasteiger partial charge in [0.1, 0.15) is 30.5 Å². The van der Waals surface area contributed by atoms with Gasteiger partial charge in [0, 0.05) is 31.8 Å². The van der Waals surface area contributed by atoms with Crippen LogP contribution in [0.1, 0.15) is 77.9 Å². The molecule has 0 unspecified atom stereocenters. The first-order valence-corrected chi connectivity index (χ1v) is 16.8. The van der Waals surface area contributed by atoms with E-state index in [-0.39, 0.29) is 12.5 Å². The van der Waals surface area contributed by atoms with Gasteiger partial charge in [0.25, 0.3) is 11.5 Å². The molecule has 3 aliphatic heterocycles. The minimum absolute atomic E-state index is 0.0447. The van der Waals surface area contributed by atoms with Gasteiger partial charge < -0.3 is 50.3 Å². The Hall–Kier alpha value is -4.10. The van der Waals surface area contributed by atoms with Gasteiger partial charge in [0.05, 0.1) is 0 Å². The van der Waals surface area contributed by atoms with Crippen molar-refractivity contribution in [1.29, 1.82) is 0 Å². The van der Waals surface area contributed by atoms with Crippen LogP contribution in [-0.4, -0.2) is 106 Å². The molecular weight excluding hydrogens is 662 g/mol. The number of esters is 1. The molecule has 278 valence electrons. The lowest BCUT2D eigenvalue weighted by Gasteiger charge is -2.35. The van der Waals surface area contributed by atoms with Gasteiger partial charge in [0.2, 0.25) is 18.1 Å². The summed E-state index contributed by atoms with van der Waals surface area (Å²) >= 11 is 0. The molecule has 0 aliphatic carbocycles. The molecular formula is C32H47N5O13. The van der Waals surface area contributed by atoms with E-state index in [2.05, 4.69) is 22.5 Å². The molecule has 0 bridgehead atoms. The van der Waals surface area contributed by atoms with Gasteiger partial charge in [-0.1, -0.05) is 32.6 Å². The molecule has 2 fully saturated rings. The zero-order valence-electron chi connectivity index (χ0n) is 28.3. The Balaban J connectivity index is 1.55. The Morgan fingerprint density at radius 3 is 2.54 bits per heavy atom. The van der Waals surface area contributed by atoms with Crippen LogP contribution in [0.15, 0.2) is 33.7 Å². The number of nitrogens with one attached hydrogen (secondary N) is 3. The number of aliphatic hydroxyl groups is 2. The summed E-state index contributed by atoms with van der Waals surface area (Å²) in [7, 11) is 1.23. The fraction of sp³-hybridized carbons (Fsp3) is 0.688. The monoisotopic (exact) mass is 709 g/mol. The maximum absolute atomic E-state index is 13.1. The minimum Gasteiger partial charge on any atom is -0.456 e. The Kier molecular flexibility index (Phi) is 13.7. The van der Waals surface area contributed by atoms with Crippen molar-refractivity contribution >= 4 is 23.7 Å². The number of aliphatic hydroxyl groups excluding tert-OH is 2. The predicted octanol–water partition coefficient (Wildman–Crippen LogP) is -1.27. The second-order valence-corrected chi connectivity index (χ2v) is 12.7. The third-order valence-corrected chi connectivity index (χ3v) is 8.79. The van der Waals surface area contributed by atoms with Crippen LogP contribution < -0.4 is 27.6 Å². The molecule has 0 aromatic carbocycles. The van der Waals surface area contributed by atoms with E-state index in [0.29, 0.717) is 19.3 Å². The summed E-state index contributed by atoms with van der Waals surface area (Å²) in [5.74, 6) is -3.58. The second-order valence-electron chi connectivity index (χ2n) is 12.7. The van der Waals surface area contributed by atoms with Crippen molar-refractivity contribution < 1.29 is 53.1 Å². The number of carbonyl (C=O) groups excluding carboxylic acids is 4. The first-order chi connectivity index (χ1) is 23.8. The van der Waals surface area contributed by atoms with Crippen LogP contribution >= 0.6 is 0 Å². The number of primary amides is 1. The van der Waals surface area contributed by atoms with Gasteiger partial charge in [-0.05, 0) is 38.7 Å². The molecule has 3 aliphatic rings. The third kappa shape index (κ3) is 9.57. The highest BCUT2D eigenvalue weighted by atomic mass is 16.7. The summed E-state index contributed by atoms with van der Waals surface area (Å²) in [5.41, 5.74) is 4.10. The van der Waals surface area contributed by atoms with Gasteiger partial charge in [-0.2, -0.15) is 0 Å². The molecule has 0 saturated carbocycles. The number of aromatic nitrogens is 2. The highest BCUT2D eigenvalue weighted by molar-refractivity contribution is 5.95. The Morgan fingerprint density at radius 1 is 1.12 bits per heavy atom. The Morgan fingerprint density at radius 2 is 1.86 bits per heavy atom. The number of hydrogen-bond donors (Lipinski definition) is 6. The molecule has 4 rings (SSSR count). The highest BCUT2D eigenvalue weighted by Crippen LogP contribution is 2.36. The smallest absolute Gasteiger partial charge is 0.330 e. The topological polar surface area (TPSA) is 260 Å². The predicted molar refractivity (Wildman–Crippen MR) is 172 cm³/mol. The molecule has 50 heavy (non-hydrogen) atoms. The zero-order valence-corrected chi connectivity index (χ0v) is 28.3. The van der Waals surface area contributed by atoms with Gasteiger partial charge in [0.15, 0.2) is 24.2 Å². The molecule has 0 radical (unpaired) electrons. The summed E-state index contributed by atoms with van der Waals surface area (Å²) in [6.07, 6.45) is -4.80. The molecule has 18 heteroatoms. The summed E-state index contributed by atoms with van der Waals surface area (Å²) in [6.45, 7) is 3.91. The van der Waals surface area contributed by atoms with Crippen molar-refractivity contribution in [3.05, 3.63) is 44.9 Å². The molecule has 10 atom stereocenters. The van der Waals surface area contributed by atoms with Gasteiger partial charge >= 0.3 is 11.7 Å². The van der Waals surface area contributed by atoms with E-state index in [1.54, 1.807) is 0 Å². The van der Waals surface area contributed by atoms with Gasteiger partial charge in [-0.25, -0.2) is 4.79 Å². The Bertz CT molecular complexity index is 1510. The average Bonchev–Trinajstić information content (AvgIpc) is 3.32. The van der Waals surface area contributed by atoms with E-state index < -0.39 is 95.9 Å². The SMILES string of the molecule is CCCCCCCC(=O)O[C@@H]1[C@H](OC)[C@@H]([C@@H](O[C@H]2OC(C(=O)N[C@H]3CCC[C@H](C)NC3=O)=C[C@H](O)[C@@H]2O)C(N)=O)O[C@H]1n1ccc(=O)[nH]c1=O. The maximum atomic E-state index is 13.1. The number of rotatable bonds is 15. The molecule has 0 spiro atoms. The average molecular weight is 710 g/mol. The lowest BCUT2D eigenvalue weighted by atomic mass is 10.0. The van der Waals surface area contributed by atoms with Crippen LogP contribution in [0, 0.1) is 0 Å². The normalized spacial score (nSPS) is 30.3. The minimum atomic E-state index is -1.88. The fourth-order valence-corrected chi connectivity index (χ4v) is 6.12. The lowest BCUT2D eigenvalue weighted by Crippen LogP contribution is -2.54. The number of H-pyrrole nitrogens is 1. The number of nitrogens with zero attached hydrogens (tertiary/aromatic N) is 1. The number of aromatic amines is 1. The number of methoxy groups -OCH3 is 1. The van der Waals surface area contributed by atoms with E-state index in [1.165, 1.54) is 7.11 Å². The first kappa shape index (κ1) is 38.7. The fourth-order valence-electron chi connectivity index (χ4n) is 6.12. The number of ether oxygens (including phenoxy) is 5. The first-order valence-electron chi connectivity index (χ1n) is 16.8. The van der Waals surface area contributed by atoms with Crippen LogP contribution in [0.4, 0.5) is 0 Å². The number of carbonyl (C=O) groups is 4. The van der Waals surface area contributed by atoms with Crippen LogP contribution in [0.5, 0.6) is 0 Å². The second kappa shape index (κ2) is 17.7. The summed E-state index contributed by atoms with van der Waals surface area (Å²) in [4.78, 5) is 78.2. The molecule has 1 aromatic heterocycles. The van der Waals surface area contributed by atoms with Crippen molar-refractivity contribution in [2.24, 2.45) is 5.73 Å². The third-order valence-electron chi connectivity index (χ3n) is 8.79. The van der Waals surface area contributed by atoms with Crippen molar-refractivity contribution in [2.75, 3.05) is 7.11 Å². The summed E-state index contributed by atoms with van der Waals surface area (Å²) in [6, 6.07) is 0.0718. The van der Waals surface area contributed by atoms with Crippen LogP contribution in [0.3, 0.4) is 0 Å². The van der Waals surface area contributed by atoms with Crippen LogP contribution in [-0.2, 0) is 42.9 Å². The van der Waals surface area contributed by atoms with Gasteiger partial charge in [-0.3, -0.25) is 33.5 Å². The van der Waals surface area contributed by atoms with E-state index in [9.17, 15) is 39.0 Å². The van der Waals surface area contributed by atoms with Crippen molar-refractivity contribution in [3.8, 4) is 0 Å². The van der Waals surface area contributed by atoms with Crippen molar-refractivity contribution in [2.45, 2.75) is 133 Å². The summed E-state index contributed by atoms with van der Waals surface area (Å²) < 4.78 is 29.7. The maximum Gasteiger partial charge on any atom is 0.330 e. The lowest BCUT2D eigenvalue weighted by molar-refractivity contribution is -0.241. The number of nitrogens with two attached hydrogens (primary N) is 1. The van der Waals surface area contributed by atoms with Crippen LogP contribution in [0.25, 0.3) is 0 Å². The standard InChI is InChI=1S/C32H47N5O13/c1-4-5-6-7-8-12-21(40)48-26-23(46-3)24(49-30(26)37-14-13-20(39)36-32(37)45)25(27(33)42)50-31-22(41)18(38)15-19(47-31)29(44)35-17-11-9-10-16(2)34-28(17)43/h13-18,22-26,30-31,38,41H,4-12H2,1-3H3,(H2,33,42)(H,34,43)(H,35,44)(H,36,39,45)/t16-,17-,18-,22-,23+,24-,25+,26+,30+,31+/m0/s1. The van der Waals surface area contributed by atoms with E-state index in [0.717, 1.165) is 55.0 Å². The molecule has 4 heterocycles. The van der Waals surface area contributed by atoms with Crippen molar-refractivity contribution in [3.63, 3.8) is 0 Å². The van der Waals surface area contributed by atoms with E-state index in [1.807, 2.05) is 6.92 Å². The molecule has 3 amide bonds. The number of unbranched alkanes of at least 4 members (excludes halogenated alkanes) is 4. The zero-order chi connectivity index (χ0) is 36.5. The van der Waals surface area contributed by atoms with E-state index in [4.69, 9.17) is 29.4 Å². The number of amides is 3. The summed E-state index contributed by atoms with van der Waals surface area (Å²) in [5, 5.41) is 26.7. The van der Waals surface area contributed by atoms with Gasteiger partial charge in [-0.15, -0.1) is 0 Å². The van der Waals surface area contributed by atoms with Crippen LogP contribution in [0.2, 0.25) is 0 Å². The van der Waals surface area contributed by atoms with E-state index >= 15 is 0 Å². The highest BCUT2D eigenvalue weighted by Gasteiger charge is 2.54.